The Labute approximate surface area is 86.8 Å². The molecule has 0 atom stereocenters. The Bertz CT molecular complexity index is 505. The first-order valence-electron chi connectivity index (χ1n) is 4.51. The minimum Gasteiger partial charge on any atom is -0.241 e. The van der Waals surface area contributed by atoms with Crippen molar-refractivity contribution >= 4 is 21.6 Å². The largest absolute Gasteiger partial charge is 0.241 e. The van der Waals surface area contributed by atoms with E-state index in [0.717, 1.165) is 15.2 Å². The molecular weight excluding hydrogens is 192 g/mol. The fourth-order valence-electron chi connectivity index (χ4n) is 1.26. The average molecular weight is 202 g/mol. The van der Waals surface area contributed by atoms with Crippen molar-refractivity contribution in [2.24, 2.45) is 0 Å². The van der Waals surface area contributed by atoms with E-state index in [1.807, 2.05) is 18.2 Å². The zero-order valence-electron chi connectivity index (χ0n) is 8.11. The quantitative estimate of drug-likeness (QED) is 0.711. The van der Waals surface area contributed by atoms with Crippen LogP contribution in [-0.2, 0) is 0 Å². The van der Waals surface area contributed by atoms with Crippen LogP contribution in [0.4, 0.5) is 0 Å². The van der Waals surface area contributed by atoms with E-state index < -0.39 is 0 Å². The summed E-state index contributed by atoms with van der Waals surface area (Å²) in [7, 11) is 0. The van der Waals surface area contributed by atoms with Crippen molar-refractivity contribution in [1.82, 2.24) is 4.98 Å². The van der Waals surface area contributed by atoms with Crippen LogP contribution in [-0.4, -0.2) is 4.98 Å². The summed E-state index contributed by atoms with van der Waals surface area (Å²) in [4.78, 5) is 4.49. The van der Waals surface area contributed by atoms with Crippen LogP contribution in [0.25, 0.3) is 10.2 Å². The molecule has 0 aliphatic heterocycles. The smallest absolute Gasteiger partial charge is 0.0992 e. The second-order valence-corrected chi connectivity index (χ2v) is 4.56. The maximum Gasteiger partial charge on any atom is 0.0992 e. The Hall–Kier alpha value is -1.40. The Balaban J connectivity index is 2.61. The van der Waals surface area contributed by atoms with Crippen LogP contribution < -0.4 is 0 Å². The second-order valence-electron chi connectivity index (χ2n) is 3.50. The van der Waals surface area contributed by atoms with Gasteiger partial charge in [-0.25, -0.2) is 4.98 Å². The third-order valence-electron chi connectivity index (χ3n) is 2.03. The Kier molecular flexibility index (Phi) is 2.22. The van der Waals surface area contributed by atoms with Crippen LogP contribution in [0.15, 0.2) is 18.2 Å². The molecule has 0 aliphatic rings. The molecular formula is C11H10N2S. The van der Waals surface area contributed by atoms with Crippen LogP contribution in [0.2, 0.25) is 0 Å². The van der Waals surface area contributed by atoms with E-state index in [9.17, 15) is 0 Å². The predicted molar refractivity (Wildman–Crippen MR) is 58.4 cm³/mol. The van der Waals surface area contributed by atoms with Crippen LogP contribution in [0, 0.1) is 11.3 Å². The minimum absolute atomic E-state index is 0.456. The van der Waals surface area contributed by atoms with Crippen LogP contribution in [0.3, 0.4) is 0 Å². The highest BCUT2D eigenvalue weighted by atomic mass is 32.1. The van der Waals surface area contributed by atoms with E-state index in [0.29, 0.717) is 11.5 Å². The summed E-state index contributed by atoms with van der Waals surface area (Å²) in [5.74, 6) is 0.456. The molecule has 0 aliphatic carbocycles. The molecule has 0 unspecified atom stereocenters. The van der Waals surface area contributed by atoms with E-state index in [4.69, 9.17) is 5.26 Å². The van der Waals surface area contributed by atoms with Gasteiger partial charge in [0.2, 0.25) is 0 Å². The second kappa shape index (κ2) is 3.39. The lowest BCUT2D eigenvalue weighted by molar-refractivity contribution is 0.857. The Morgan fingerprint density at radius 2 is 2.21 bits per heavy atom. The topological polar surface area (TPSA) is 36.7 Å². The van der Waals surface area contributed by atoms with Gasteiger partial charge in [-0.1, -0.05) is 13.8 Å². The number of hydrogen-bond acceptors (Lipinski definition) is 3. The van der Waals surface area contributed by atoms with Gasteiger partial charge in [-0.2, -0.15) is 5.26 Å². The summed E-state index contributed by atoms with van der Waals surface area (Å²) in [6.45, 7) is 4.26. The number of hydrogen-bond donors (Lipinski definition) is 0. The van der Waals surface area contributed by atoms with Crippen molar-refractivity contribution in [2.75, 3.05) is 0 Å². The number of rotatable bonds is 1. The first-order chi connectivity index (χ1) is 6.70. The lowest BCUT2D eigenvalue weighted by atomic mass is 10.2. The fraction of sp³-hybridized carbons (Fsp3) is 0.273. The monoisotopic (exact) mass is 202 g/mol. The van der Waals surface area contributed by atoms with Crippen LogP contribution >= 0.6 is 11.3 Å². The molecule has 2 nitrogen and oxygen atoms in total. The van der Waals surface area contributed by atoms with E-state index in [2.05, 4.69) is 24.9 Å². The molecule has 0 bridgehead atoms. The van der Waals surface area contributed by atoms with Gasteiger partial charge in [0.25, 0.3) is 0 Å². The van der Waals surface area contributed by atoms with Crippen molar-refractivity contribution in [3.8, 4) is 6.07 Å². The van der Waals surface area contributed by atoms with Gasteiger partial charge in [0.05, 0.1) is 26.9 Å². The predicted octanol–water partition coefficient (Wildman–Crippen LogP) is 3.29. The normalized spacial score (nSPS) is 10.7. The van der Waals surface area contributed by atoms with Crippen LogP contribution in [0.1, 0.15) is 30.3 Å². The SMILES string of the molecule is CC(C)c1nc2cc(C#N)ccc2s1. The summed E-state index contributed by atoms with van der Waals surface area (Å²) in [6, 6.07) is 7.77. The van der Waals surface area contributed by atoms with Gasteiger partial charge in [0, 0.05) is 5.92 Å². The van der Waals surface area contributed by atoms with Gasteiger partial charge in [0.15, 0.2) is 0 Å². The minimum atomic E-state index is 0.456. The molecule has 1 heterocycles. The lowest BCUT2D eigenvalue weighted by Crippen LogP contribution is -1.83. The van der Waals surface area contributed by atoms with Crippen molar-refractivity contribution < 1.29 is 0 Å². The molecule has 0 saturated carbocycles. The lowest BCUT2D eigenvalue weighted by Gasteiger charge is -1.94. The highest BCUT2D eigenvalue weighted by molar-refractivity contribution is 7.18. The zero-order valence-corrected chi connectivity index (χ0v) is 8.93. The average Bonchev–Trinajstić information content (AvgIpc) is 2.59. The molecule has 1 aromatic heterocycles. The third-order valence-corrected chi connectivity index (χ3v) is 3.36. The number of fused-ring (bicyclic) bond motifs is 1. The van der Waals surface area contributed by atoms with Gasteiger partial charge in [-0.3, -0.25) is 0 Å². The molecule has 14 heavy (non-hydrogen) atoms. The molecule has 0 fully saturated rings. The van der Waals surface area contributed by atoms with E-state index >= 15 is 0 Å². The van der Waals surface area contributed by atoms with Crippen molar-refractivity contribution in [3.63, 3.8) is 0 Å². The summed E-state index contributed by atoms with van der Waals surface area (Å²) in [5.41, 5.74) is 1.62. The molecule has 2 aromatic rings. The summed E-state index contributed by atoms with van der Waals surface area (Å²) < 4.78 is 1.16. The first-order valence-corrected chi connectivity index (χ1v) is 5.33. The van der Waals surface area contributed by atoms with Crippen molar-refractivity contribution in [3.05, 3.63) is 28.8 Å². The number of nitriles is 1. The highest BCUT2D eigenvalue weighted by Gasteiger charge is 2.07. The fourth-order valence-corrected chi connectivity index (χ4v) is 2.21. The van der Waals surface area contributed by atoms with Gasteiger partial charge in [-0.05, 0) is 18.2 Å². The van der Waals surface area contributed by atoms with E-state index in [1.54, 1.807) is 11.3 Å². The van der Waals surface area contributed by atoms with Gasteiger partial charge >= 0.3 is 0 Å². The van der Waals surface area contributed by atoms with Crippen LogP contribution in [0.5, 0.6) is 0 Å². The van der Waals surface area contributed by atoms with E-state index in [1.165, 1.54) is 0 Å². The summed E-state index contributed by atoms with van der Waals surface area (Å²) >= 11 is 1.70. The molecule has 0 saturated heterocycles. The first kappa shape index (κ1) is 9.17. The maximum absolute atomic E-state index is 8.74. The van der Waals surface area contributed by atoms with Crippen molar-refractivity contribution in [2.45, 2.75) is 19.8 Å². The number of nitrogens with zero attached hydrogens (tertiary/aromatic N) is 2. The number of thiazole rings is 1. The van der Waals surface area contributed by atoms with Gasteiger partial charge in [0.1, 0.15) is 0 Å². The molecule has 0 radical (unpaired) electrons. The summed E-state index contributed by atoms with van der Waals surface area (Å²) in [5, 5.41) is 9.87. The van der Waals surface area contributed by atoms with Gasteiger partial charge in [-0.15, -0.1) is 11.3 Å². The number of aromatic nitrogens is 1. The number of benzene rings is 1. The molecule has 2 rings (SSSR count). The Morgan fingerprint density at radius 1 is 1.43 bits per heavy atom. The molecule has 0 amide bonds. The zero-order chi connectivity index (χ0) is 10.1. The molecule has 3 heteroatoms. The summed E-state index contributed by atoms with van der Waals surface area (Å²) in [6.07, 6.45) is 0. The molecule has 0 spiro atoms. The van der Waals surface area contributed by atoms with E-state index in [-0.39, 0.29) is 0 Å². The molecule has 0 N–H and O–H groups in total. The molecule has 70 valence electrons. The van der Waals surface area contributed by atoms with Crippen molar-refractivity contribution in [1.29, 1.82) is 5.26 Å². The standard InChI is InChI=1S/C11H10N2S/c1-7(2)11-13-9-5-8(6-12)3-4-10(9)14-11/h3-5,7H,1-2H3. The Morgan fingerprint density at radius 3 is 2.86 bits per heavy atom. The molecule has 1 aromatic carbocycles. The highest BCUT2D eigenvalue weighted by Crippen LogP contribution is 2.27. The maximum atomic E-state index is 8.74. The van der Waals surface area contributed by atoms with Gasteiger partial charge < -0.3 is 0 Å². The third kappa shape index (κ3) is 1.49.